The first-order chi connectivity index (χ1) is 12.6. The summed E-state index contributed by atoms with van der Waals surface area (Å²) in [5, 5.41) is 7.35. The van der Waals surface area contributed by atoms with E-state index in [0.717, 1.165) is 38.5 Å². The fraction of sp³-hybridized carbons (Fsp3) is 0.400. The number of nitrogens with one attached hydrogen (secondary N) is 2. The van der Waals surface area contributed by atoms with Gasteiger partial charge in [-0.3, -0.25) is 9.88 Å². The Balaban J connectivity index is 1.65. The smallest absolute Gasteiger partial charge is 0.170 e. The van der Waals surface area contributed by atoms with E-state index in [9.17, 15) is 0 Å². The molecule has 1 aromatic heterocycles. The average molecular weight is 371 g/mol. The molecule has 6 heteroatoms. The van der Waals surface area contributed by atoms with Gasteiger partial charge in [0.1, 0.15) is 0 Å². The molecule has 0 aliphatic carbocycles. The maximum absolute atomic E-state index is 5.53. The van der Waals surface area contributed by atoms with E-state index in [1.807, 2.05) is 18.3 Å². The third-order valence-electron chi connectivity index (χ3n) is 4.86. The van der Waals surface area contributed by atoms with Crippen molar-refractivity contribution in [2.24, 2.45) is 0 Å². The zero-order valence-corrected chi connectivity index (χ0v) is 16.2. The maximum Gasteiger partial charge on any atom is 0.170 e. The van der Waals surface area contributed by atoms with Crippen LogP contribution in [0.3, 0.4) is 0 Å². The van der Waals surface area contributed by atoms with Crippen molar-refractivity contribution in [1.29, 1.82) is 0 Å². The summed E-state index contributed by atoms with van der Waals surface area (Å²) >= 11 is 5.53. The fourth-order valence-electron chi connectivity index (χ4n) is 3.16. The van der Waals surface area contributed by atoms with Gasteiger partial charge < -0.3 is 15.4 Å². The number of morpholine rings is 1. The topological polar surface area (TPSA) is 49.4 Å². The number of ether oxygens (including phenoxy) is 1. The largest absolute Gasteiger partial charge is 0.379 e. The Morgan fingerprint density at radius 2 is 2.04 bits per heavy atom. The Hall–Kier alpha value is -2.02. The summed E-state index contributed by atoms with van der Waals surface area (Å²) in [4.78, 5) is 6.71. The van der Waals surface area contributed by atoms with E-state index >= 15 is 0 Å². The molecule has 1 aliphatic heterocycles. The summed E-state index contributed by atoms with van der Waals surface area (Å²) in [5.74, 6) is 0. The van der Waals surface area contributed by atoms with Gasteiger partial charge in [-0.2, -0.15) is 0 Å². The summed E-state index contributed by atoms with van der Waals surface area (Å²) < 4.78 is 5.50. The second-order valence-corrected chi connectivity index (χ2v) is 6.94. The number of thiocarbonyl (C=S) groups is 1. The van der Waals surface area contributed by atoms with Crippen molar-refractivity contribution < 1.29 is 4.74 Å². The number of rotatable bonds is 5. The standard InChI is InChI=1S/C20H26N4OS/c1-15-5-3-7-18(16(15)2)23-20(26)22-14-19(17-6-4-8-21-13-17)24-9-11-25-12-10-24/h3-8,13,19H,9-12,14H2,1-2H3,(H2,22,23,26)/t19-/m1/s1. The molecule has 2 N–H and O–H groups in total. The molecule has 2 aromatic rings. The van der Waals surface area contributed by atoms with E-state index in [1.54, 1.807) is 6.20 Å². The Bertz CT molecular complexity index is 732. The maximum atomic E-state index is 5.53. The predicted molar refractivity (Wildman–Crippen MR) is 110 cm³/mol. The number of anilines is 1. The van der Waals surface area contributed by atoms with Gasteiger partial charge in [0.2, 0.25) is 0 Å². The lowest BCUT2D eigenvalue weighted by Gasteiger charge is -2.35. The SMILES string of the molecule is Cc1cccc(NC(=S)NC[C@H](c2cccnc2)N2CCOCC2)c1C. The van der Waals surface area contributed by atoms with Crippen LogP contribution in [-0.4, -0.2) is 47.8 Å². The van der Waals surface area contributed by atoms with Gasteiger partial charge in [-0.1, -0.05) is 18.2 Å². The minimum Gasteiger partial charge on any atom is -0.379 e. The zero-order chi connectivity index (χ0) is 18.4. The summed E-state index contributed by atoms with van der Waals surface area (Å²) in [6, 6.07) is 10.5. The minimum absolute atomic E-state index is 0.214. The zero-order valence-electron chi connectivity index (χ0n) is 15.4. The highest BCUT2D eigenvalue weighted by atomic mass is 32.1. The number of aryl methyl sites for hydroxylation is 1. The first kappa shape index (κ1) is 18.8. The van der Waals surface area contributed by atoms with Gasteiger partial charge in [0.25, 0.3) is 0 Å². The Morgan fingerprint density at radius 3 is 2.77 bits per heavy atom. The highest BCUT2D eigenvalue weighted by Gasteiger charge is 2.23. The van der Waals surface area contributed by atoms with Gasteiger partial charge in [0.15, 0.2) is 5.11 Å². The van der Waals surface area contributed by atoms with Crippen LogP contribution in [0.15, 0.2) is 42.7 Å². The first-order valence-electron chi connectivity index (χ1n) is 8.98. The third-order valence-corrected chi connectivity index (χ3v) is 5.11. The second-order valence-electron chi connectivity index (χ2n) is 6.53. The lowest BCUT2D eigenvalue weighted by Crippen LogP contribution is -2.44. The fourth-order valence-corrected chi connectivity index (χ4v) is 3.36. The monoisotopic (exact) mass is 370 g/mol. The van der Waals surface area contributed by atoms with Crippen LogP contribution in [0.5, 0.6) is 0 Å². The number of aromatic nitrogens is 1. The lowest BCUT2D eigenvalue weighted by molar-refractivity contribution is 0.0170. The summed E-state index contributed by atoms with van der Waals surface area (Å²) in [7, 11) is 0. The van der Waals surface area contributed by atoms with Crippen LogP contribution in [0.25, 0.3) is 0 Å². The highest BCUT2D eigenvalue weighted by molar-refractivity contribution is 7.80. The molecule has 1 saturated heterocycles. The Kier molecular flexibility index (Phi) is 6.55. The third kappa shape index (κ3) is 4.78. The van der Waals surface area contributed by atoms with Gasteiger partial charge in [-0.25, -0.2) is 0 Å². The van der Waals surface area contributed by atoms with Crippen molar-refractivity contribution in [3.05, 3.63) is 59.4 Å². The Morgan fingerprint density at radius 1 is 1.23 bits per heavy atom. The average Bonchev–Trinajstić information content (AvgIpc) is 2.67. The Labute approximate surface area is 160 Å². The van der Waals surface area contributed by atoms with Crippen LogP contribution in [-0.2, 0) is 4.74 Å². The van der Waals surface area contributed by atoms with Crippen molar-refractivity contribution in [3.8, 4) is 0 Å². The minimum atomic E-state index is 0.214. The highest BCUT2D eigenvalue weighted by Crippen LogP contribution is 2.21. The lowest BCUT2D eigenvalue weighted by atomic mass is 10.1. The van der Waals surface area contributed by atoms with Crippen LogP contribution < -0.4 is 10.6 Å². The molecular formula is C20H26N4OS. The van der Waals surface area contributed by atoms with E-state index in [2.05, 4.69) is 52.6 Å². The molecule has 26 heavy (non-hydrogen) atoms. The van der Waals surface area contributed by atoms with Gasteiger partial charge in [0, 0.05) is 37.7 Å². The van der Waals surface area contributed by atoms with Gasteiger partial charge in [0.05, 0.1) is 19.3 Å². The molecule has 1 aliphatic rings. The quantitative estimate of drug-likeness (QED) is 0.789. The normalized spacial score (nSPS) is 16.1. The molecule has 0 amide bonds. The molecule has 1 fully saturated rings. The molecule has 138 valence electrons. The molecule has 3 rings (SSSR count). The van der Waals surface area contributed by atoms with Gasteiger partial charge in [-0.05, 0) is 54.9 Å². The summed E-state index contributed by atoms with van der Waals surface area (Å²) in [6.45, 7) is 8.30. The molecular weight excluding hydrogens is 344 g/mol. The number of hydrogen-bond acceptors (Lipinski definition) is 4. The van der Waals surface area contributed by atoms with E-state index in [0.29, 0.717) is 5.11 Å². The van der Waals surface area contributed by atoms with Crippen molar-refractivity contribution in [2.75, 3.05) is 38.2 Å². The van der Waals surface area contributed by atoms with E-state index in [4.69, 9.17) is 17.0 Å². The predicted octanol–water partition coefficient (Wildman–Crippen LogP) is 3.06. The molecule has 0 spiro atoms. The van der Waals surface area contributed by atoms with Crippen molar-refractivity contribution >= 4 is 23.0 Å². The van der Waals surface area contributed by atoms with Crippen molar-refractivity contribution in [2.45, 2.75) is 19.9 Å². The number of hydrogen-bond donors (Lipinski definition) is 2. The van der Waals surface area contributed by atoms with E-state index < -0.39 is 0 Å². The summed E-state index contributed by atoms with van der Waals surface area (Å²) in [6.07, 6.45) is 3.74. The van der Waals surface area contributed by atoms with Gasteiger partial charge >= 0.3 is 0 Å². The number of nitrogens with zero attached hydrogens (tertiary/aromatic N) is 2. The van der Waals surface area contributed by atoms with E-state index in [1.165, 1.54) is 16.7 Å². The molecule has 1 atom stereocenters. The van der Waals surface area contributed by atoms with Crippen molar-refractivity contribution in [1.82, 2.24) is 15.2 Å². The van der Waals surface area contributed by atoms with Crippen LogP contribution in [0.4, 0.5) is 5.69 Å². The van der Waals surface area contributed by atoms with E-state index in [-0.39, 0.29) is 6.04 Å². The molecule has 1 aromatic carbocycles. The molecule has 0 bridgehead atoms. The second kappa shape index (κ2) is 9.07. The van der Waals surface area contributed by atoms with Crippen LogP contribution in [0.1, 0.15) is 22.7 Å². The molecule has 0 unspecified atom stereocenters. The molecule has 2 heterocycles. The van der Waals surface area contributed by atoms with Crippen LogP contribution >= 0.6 is 12.2 Å². The summed E-state index contributed by atoms with van der Waals surface area (Å²) in [5.41, 5.74) is 4.70. The molecule has 0 radical (unpaired) electrons. The van der Waals surface area contributed by atoms with Crippen LogP contribution in [0.2, 0.25) is 0 Å². The molecule has 0 saturated carbocycles. The first-order valence-corrected chi connectivity index (χ1v) is 9.39. The van der Waals surface area contributed by atoms with Crippen molar-refractivity contribution in [3.63, 3.8) is 0 Å². The number of benzene rings is 1. The van der Waals surface area contributed by atoms with Crippen LogP contribution in [0, 0.1) is 13.8 Å². The number of pyridine rings is 1. The van der Waals surface area contributed by atoms with Gasteiger partial charge in [-0.15, -0.1) is 0 Å². The molecule has 5 nitrogen and oxygen atoms in total.